The summed E-state index contributed by atoms with van der Waals surface area (Å²) in [7, 11) is 2.11. The fraction of sp³-hybridized carbons (Fsp3) is 0.600. The minimum atomic E-state index is 0.443. The van der Waals surface area contributed by atoms with Crippen LogP contribution in [0, 0.1) is 0 Å². The normalized spacial score (nSPS) is 17.5. The Morgan fingerprint density at radius 2 is 1.59 bits per heavy atom. The van der Waals surface area contributed by atoms with E-state index in [1.165, 1.54) is 11.8 Å². The van der Waals surface area contributed by atoms with E-state index in [4.69, 9.17) is 23.2 Å². The van der Waals surface area contributed by atoms with E-state index < -0.39 is 0 Å². The number of likely N-dealkylation sites (N-methyl/N-ethyl adjacent to an activating group) is 1. The van der Waals surface area contributed by atoms with Gasteiger partial charge in [0.2, 0.25) is 0 Å². The molecule has 2 rings (SSSR count). The molecule has 1 aliphatic rings. The van der Waals surface area contributed by atoms with E-state index in [0.717, 1.165) is 31.9 Å². The first-order chi connectivity index (χ1) is 8.11. The summed E-state index contributed by atoms with van der Waals surface area (Å²) >= 11 is 13.8. The Kier molecular flexibility index (Phi) is 4.36. The third-order valence-electron chi connectivity index (χ3n) is 2.78. The lowest BCUT2D eigenvalue weighted by atomic mass is 10.3. The van der Waals surface area contributed by atoms with E-state index in [9.17, 15) is 0 Å². The fourth-order valence-electron chi connectivity index (χ4n) is 1.77. The summed E-state index contributed by atoms with van der Waals surface area (Å²) in [5, 5.41) is 1.50. The van der Waals surface area contributed by atoms with Gasteiger partial charge in [-0.15, -0.1) is 0 Å². The average molecular weight is 293 g/mol. The van der Waals surface area contributed by atoms with Gasteiger partial charge in [-0.2, -0.15) is 0 Å². The first-order valence-corrected chi connectivity index (χ1v) is 7.30. The zero-order chi connectivity index (χ0) is 12.4. The van der Waals surface area contributed by atoms with Crippen molar-refractivity contribution in [3.8, 4) is 0 Å². The number of rotatable bonds is 2. The summed E-state index contributed by atoms with van der Waals surface area (Å²) in [6, 6.07) is 0. The molecule has 0 spiro atoms. The second-order valence-corrected chi connectivity index (χ2v) is 5.42. The molecule has 1 saturated heterocycles. The van der Waals surface area contributed by atoms with E-state index in [0.29, 0.717) is 15.5 Å². The van der Waals surface area contributed by atoms with Crippen LogP contribution >= 0.6 is 35.0 Å². The molecule has 7 heteroatoms. The van der Waals surface area contributed by atoms with E-state index in [1.807, 2.05) is 6.26 Å². The molecule has 1 aliphatic heterocycles. The molecule has 0 amide bonds. The predicted octanol–water partition coefficient (Wildman–Crippen LogP) is 2.26. The van der Waals surface area contributed by atoms with Gasteiger partial charge in [-0.05, 0) is 13.3 Å². The summed E-state index contributed by atoms with van der Waals surface area (Å²) in [4.78, 5) is 12.9. The van der Waals surface area contributed by atoms with Crippen LogP contribution in [0.1, 0.15) is 0 Å². The number of nitrogens with zero attached hydrogens (tertiary/aromatic N) is 4. The van der Waals surface area contributed by atoms with Gasteiger partial charge in [0.05, 0.1) is 0 Å². The van der Waals surface area contributed by atoms with Crippen molar-refractivity contribution >= 4 is 40.7 Å². The van der Waals surface area contributed by atoms with Crippen molar-refractivity contribution in [1.82, 2.24) is 14.9 Å². The molecule has 0 saturated carbocycles. The van der Waals surface area contributed by atoms with Crippen molar-refractivity contribution in [3.05, 3.63) is 10.3 Å². The fourth-order valence-corrected chi connectivity index (χ4v) is 2.86. The number of thioether (sulfide) groups is 1. The molecule has 1 aromatic rings. The van der Waals surface area contributed by atoms with Crippen LogP contribution in [-0.4, -0.2) is 54.4 Å². The van der Waals surface area contributed by atoms with Crippen LogP contribution in [0.5, 0.6) is 0 Å². The van der Waals surface area contributed by atoms with Gasteiger partial charge in [-0.1, -0.05) is 35.0 Å². The van der Waals surface area contributed by atoms with Gasteiger partial charge >= 0.3 is 0 Å². The quantitative estimate of drug-likeness (QED) is 0.474. The van der Waals surface area contributed by atoms with Gasteiger partial charge in [0, 0.05) is 26.2 Å². The summed E-state index contributed by atoms with van der Waals surface area (Å²) in [5.74, 6) is 0. The minimum absolute atomic E-state index is 0.443. The molecule has 0 atom stereocenters. The first-order valence-electron chi connectivity index (χ1n) is 5.32. The Labute approximate surface area is 115 Å². The largest absolute Gasteiger partial charge is 0.364 e. The van der Waals surface area contributed by atoms with Crippen molar-refractivity contribution in [3.63, 3.8) is 0 Å². The summed E-state index contributed by atoms with van der Waals surface area (Å²) in [6.45, 7) is 3.80. The molecule has 2 heterocycles. The maximum absolute atomic E-state index is 6.18. The van der Waals surface area contributed by atoms with Crippen LogP contribution in [0.2, 0.25) is 10.3 Å². The maximum Gasteiger partial charge on any atom is 0.190 e. The van der Waals surface area contributed by atoms with E-state index >= 15 is 0 Å². The molecule has 0 unspecified atom stereocenters. The van der Waals surface area contributed by atoms with Crippen molar-refractivity contribution < 1.29 is 0 Å². The number of anilines is 1. The number of aromatic nitrogens is 2. The maximum atomic E-state index is 6.18. The van der Waals surface area contributed by atoms with E-state index in [1.54, 1.807) is 0 Å². The molecular formula is C10H14Cl2N4S. The molecule has 0 radical (unpaired) electrons. The third kappa shape index (κ3) is 2.96. The van der Waals surface area contributed by atoms with Gasteiger partial charge in [0.15, 0.2) is 15.5 Å². The molecular weight excluding hydrogens is 279 g/mol. The lowest BCUT2D eigenvalue weighted by molar-refractivity contribution is 0.312. The van der Waals surface area contributed by atoms with Crippen molar-refractivity contribution in [2.45, 2.75) is 5.16 Å². The molecule has 0 aliphatic carbocycles. The number of hydrogen-bond donors (Lipinski definition) is 0. The van der Waals surface area contributed by atoms with Crippen LogP contribution in [0.25, 0.3) is 0 Å². The van der Waals surface area contributed by atoms with Gasteiger partial charge in [0.25, 0.3) is 0 Å². The smallest absolute Gasteiger partial charge is 0.190 e. The Hall–Kier alpha value is -0.230. The second kappa shape index (κ2) is 5.61. The van der Waals surface area contributed by atoms with Gasteiger partial charge in [-0.3, -0.25) is 0 Å². The monoisotopic (exact) mass is 292 g/mol. The van der Waals surface area contributed by atoms with Gasteiger partial charge in [-0.25, -0.2) is 9.97 Å². The van der Waals surface area contributed by atoms with Crippen LogP contribution in [0.4, 0.5) is 5.69 Å². The average Bonchev–Trinajstić information content (AvgIpc) is 2.30. The molecule has 94 valence electrons. The number of piperazine rings is 1. The lowest BCUT2D eigenvalue weighted by Gasteiger charge is -2.34. The van der Waals surface area contributed by atoms with Crippen molar-refractivity contribution in [1.29, 1.82) is 0 Å². The molecule has 0 N–H and O–H groups in total. The highest BCUT2D eigenvalue weighted by atomic mass is 35.5. The zero-order valence-electron chi connectivity index (χ0n) is 9.78. The lowest BCUT2D eigenvalue weighted by Crippen LogP contribution is -2.44. The van der Waals surface area contributed by atoms with E-state index in [2.05, 4.69) is 26.8 Å². The molecule has 0 aromatic carbocycles. The SMILES string of the molecule is CSc1nc(Cl)c(N2CCN(C)CC2)c(Cl)n1. The molecule has 1 aromatic heterocycles. The Morgan fingerprint density at radius 1 is 1.06 bits per heavy atom. The van der Waals surface area contributed by atoms with Gasteiger partial charge in [0.1, 0.15) is 5.69 Å². The highest BCUT2D eigenvalue weighted by Gasteiger charge is 2.21. The number of hydrogen-bond acceptors (Lipinski definition) is 5. The van der Waals surface area contributed by atoms with Crippen molar-refractivity contribution in [2.24, 2.45) is 0 Å². The zero-order valence-corrected chi connectivity index (χ0v) is 12.1. The second-order valence-electron chi connectivity index (χ2n) is 3.93. The standard InChI is InChI=1S/C10H14Cl2N4S/c1-15-3-5-16(6-4-15)7-8(11)13-10(17-2)14-9(7)12/h3-6H2,1-2H3. The molecule has 4 nitrogen and oxygen atoms in total. The van der Waals surface area contributed by atoms with Gasteiger partial charge < -0.3 is 9.80 Å². The summed E-state index contributed by atoms with van der Waals surface area (Å²) < 4.78 is 0. The van der Waals surface area contributed by atoms with Crippen LogP contribution in [-0.2, 0) is 0 Å². The van der Waals surface area contributed by atoms with Crippen LogP contribution in [0.15, 0.2) is 5.16 Å². The van der Waals surface area contributed by atoms with Crippen LogP contribution in [0.3, 0.4) is 0 Å². The minimum Gasteiger partial charge on any atom is -0.364 e. The predicted molar refractivity (Wildman–Crippen MR) is 73.5 cm³/mol. The summed E-state index contributed by atoms with van der Waals surface area (Å²) in [5.41, 5.74) is 0.763. The number of halogens is 2. The Bertz CT molecular complexity index is 384. The third-order valence-corrected chi connectivity index (χ3v) is 3.86. The van der Waals surface area contributed by atoms with E-state index in [-0.39, 0.29) is 0 Å². The Balaban J connectivity index is 2.26. The Morgan fingerprint density at radius 3 is 2.06 bits per heavy atom. The topological polar surface area (TPSA) is 32.3 Å². The van der Waals surface area contributed by atoms with Crippen molar-refractivity contribution in [2.75, 3.05) is 44.4 Å². The summed E-state index contributed by atoms with van der Waals surface area (Å²) in [6.07, 6.45) is 1.90. The highest BCUT2D eigenvalue weighted by molar-refractivity contribution is 7.98. The highest BCUT2D eigenvalue weighted by Crippen LogP contribution is 2.33. The molecule has 0 bridgehead atoms. The molecule has 17 heavy (non-hydrogen) atoms. The van der Waals surface area contributed by atoms with Crippen LogP contribution < -0.4 is 4.90 Å². The first kappa shape index (κ1) is 13.2. The molecule has 1 fully saturated rings.